The summed E-state index contributed by atoms with van der Waals surface area (Å²) >= 11 is 0. The summed E-state index contributed by atoms with van der Waals surface area (Å²) in [5.41, 5.74) is 4.74. The Morgan fingerprint density at radius 2 is 1.91 bits per heavy atom. The van der Waals surface area contributed by atoms with E-state index >= 15 is 0 Å². The Morgan fingerprint density at radius 3 is 2.57 bits per heavy atom. The highest BCUT2D eigenvalue weighted by Crippen LogP contribution is 2.46. The molecule has 0 radical (unpaired) electrons. The molecule has 1 aliphatic heterocycles. The van der Waals surface area contributed by atoms with Gasteiger partial charge in [0.1, 0.15) is 5.54 Å². The van der Waals surface area contributed by atoms with Gasteiger partial charge >= 0.3 is 0 Å². The van der Waals surface area contributed by atoms with Crippen LogP contribution in [0.2, 0.25) is 0 Å². The van der Waals surface area contributed by atoms with Gasteiger partial charge in [-0.2, -0.15) is 0 Å². The Morgan fingerprint density at radius 1 is 1.22 bits per heavy atom. The molecule has 1 saturated heterocycles. The Kier molecular flexibility index (Phi) is 4.68. The maximum atomic E-state index is 13.4. The normalized spacial score (nSPS) is 33.5. The second kappa shape index (κ2) is 6.42. The van der Waals surface area contributed by atoms with Crippen molar-refractivity contribution in [2.75, 3.05) is 6.54 Å². The minimum absolute atomic E-state index is 0.149. The van der Waals surface area contributed by atoms with Crippen molar-refractivity contribution >= 4 is 11.8 Å². The van der Waals surface area contributed by atoms with Gasteiger partial charge in [0, 0.05) is 6.54 Å². The number of rotatable bonds is 4. The first-order valence-corrected chi connectivity index (χ1v) is 9.46. The van der Waals surface area contributed by atoms with Crippen LogP contribution in [0.25, 0.3) is 0 Å². The summed E-state index contributed by atoms with van der Waals surface area (Å²) in [6.45, 7) is 2.96. The minimum atomic E-state index is -0.727. The number of nitrogens with two attached hydrogens (primary N) is 1. The fraction of sp³-hybridized carbons (Fsp3) is 0.889. The zero-order valence-corrected chi connectivity index (χ0v) is 14.4. The molecule has 130 valence electrons. The van der Waals surface area contributed by atoms with Crippen LogP contribution >= 0.6 is 0 Å². The van der Waals surface area contributed by atoms with Crippen molar-refractivity contribution < 1.29 is 9.59 Å². The van der Waals surface area contributed by atoms with Gasteiger partial charge in [-0.05, 0) is 44.9 Å². The monoisotopic (exact) mass is 321 g/mol. The molecule has 2 spiro atoms. The molecule has 0 aromatic carbocycles. The van der Waals surface area contributed by atoms with E-state index in [4.69, 9.17) is 5.73 Å². The van der Waals surface area contributed by atoms with E-state index in [1.165, 1.54) is 6.42 Å². The second-order valence-corrected chi connectivity index (χ2v) is 7.70. The van der Waals surface area contributed by atoms with E-state index in [1.54, 1.807) is 0 Å². The molecular formula is C18H31N3O2. The van der Waals surface area contributed by atoms with Crippen molar-refractivity contribution in [2.24, 2.45) is 11.7 Å². The predicted octanol–water partition coefficient (Wildman–Crippen LogP) is 2.29. The van der Waals surface area contributed by atoms with Crippen LogP contribution < -0.4 is 11.1 Å². The summed E-state index contributed by atoms with van der Waals surface area (Å²) in [6.07, 6.45) is 11.2. The van der Waals surface area contributed by atoms with Crippen LogP contribution in [0.15, 0.2) is 0 Å². The number of primary amides is 1. The largest absolute Gasteiger partial charge is 0.369 e. The smallest absolute Gasteiger partial charge is 0.245 e. The average molecular weight is 321 g/mol. The van der Waals surface area contributed by atoms with E-state index in [0.29, 0.717) is 0 Å². The van der Waals surface area contributed by atoms with Gasteiger partial charge in [-0.3, -0.25) is 14.9 Å². The van der Waals surface area contributed by atoms with E-state index in [-0.39, 0.29) is 23.4 Å². The lowest BCUT2D eigenvalue weighted by atomic mass is 9.72. The first-order chi connectivity index (χ1) is 11.1. The van der Waals surface area contributed by atoms with Crippen molar-refractivity contribution in [1.82, 2.24) is 10.2 Å². The van der Waals surface area contributed by atoms with E-state index in [0.717, 1.165) is 70.8 Å². The van der Waals surface area contributed by atoms with Gasteiger partial charge in [0.2, 0.25) is 11.8 Å². The Labute approximate surface area is 139 Å². The molecule has 0 bridgehead atoms. The van der Waals surface area contributed by atoms with Crippen LogP contribution in [0.5, 0.6) is 0 Å². The van der Waals surface area contributed by atoms with Gasteiger partial charge in [0.05, 0.1) is 11.6 Å². The number of nitrogens with zero attached hydrogens (tertiary/aromatic N) is 1. The quantitative estimate of drug-likeness (QED) is 0.834. The molecule has 1 heterocycles. The topological polar surface area (TPSA) is 75.4 Å². The summed E-state index contributed by atoms with van der Waals surface area (Å²) in [7, 11) is 0. The van der Waals surface area contributed by atoms with Gasteiger partial charge < -0.3 is 10.6 Å². The molecule has 3 N–H and O–H groups in total. The number of hydrogen-bond donors (Lipinski definition) is 2. The van der Waals surface area contributed by atoms with Gasteiger partial charge in [0.25, 0.3) is 0 Å². The highest BCUT2D eigenvalue weighted by Gasteiger charge is 2.62. The summed E-state index contributed by atoms with van der Waals surface area (Å²) in [5.74, 6) is -0.514. The molecule has 0 aromatic rings. The van der Waals surface area contributed by atoms with Gasteiger partial charge in [-0.1, -0.05) is 32.6 Å². The first-order valence-electron chi connectivity index (χ1n) is 9.46. The third-order valence-corrected chi connectivity index (χ3v) is 6.27. The van der Waals surface area contributed by atoms with Crippen LogP contribution in [-0.4, -0.2) is 34.5 Å². The lowest BCUT2D eigenvalue weighted by molar-refractivity contribution is -0.141. The molecule has 2 saturated carbocycles. The molecule has 3 fully saturated rings. The molecular weight excluding hydrogens is 290 g/mol. The zero-order valence-electron chi connectivity index (χ0n) is 14.4. The number of amides is 2. The van der Waals surface area contributed by atoms with Gasteiger partial charge in [0.15, 0.2) is 0 Å². The molecule has 3 aliphatic rings. The standard InChI is InChI=1S/C18H31N3O2/c1-2-3-13-21-16(23)18(12-8-5-9-14(18)15(19)22)20-17(21)10-6-4-7-11-17/h14,20H,2-13H2,1H3,(H2,19,22). The third kappa shape index (κ3) is 2.67. The Balaban J connectivity index is 1.95. The van der Waals surface area contributed by atoms with Crippen LogP contribution in [0, 0.1) is 5.92 Å². The van der Waals surface area contributed by atoms with Crippen LogP contribution in [0.1, 0.15) is 77.6 Å². The molecule has 2 aliphatic carbocycles. The fourth-order valence-corrected chi connectivity index (χ4v) is 5.10. The molecule has 2 amide bonds. The van der Waals surface area contributed by atoms with Crippen molar-refractivity contribution in [3.63, 3.8) is 0 Å². The summed E-state index contributed by atoms with van der Waals surface area (Å²) in [5, 5.41) is 3.74. The van der Waals surface area contributed by atoms with Crippen LogP contribution in [0.3, 0.4) is 0 Å². The molecule has 5 heteroatoms. The highest BCUT2D eigenvalue weighted by molar-refractivity contribution is 5.96. The SMILES string of the molecule is CCCCN1C(=O)C2(CCCCC2C(N)=O)NC12CCCCC2. The van der Waals surface area contributed by atoms with Gasteiger partial charge in [-0.15, -0.1) is 0 Å². The molecule has 5 nitrogen and oxygen atoms in total. The van der Waals surface area contributed by atoms with Crippen LogP contribution in [0.4, 0.5) is 0 Å². The molecule has 3 rings (SSSR count). The lowest BCUT2D eigenvalue weighted by Gasteiger charge is -2.43. The maximum absolute atomic E-state index is 13.4. The van der Waals surface area contributed by atoms with E-state index in [2.05, 4.69) is 17.1 Å². The average Bonchev–Trinajstić information content (AvgIpc) is 2.75. The number of hydrogen-bond acceptors (Lipinski definition) is 3. The zero-order chi connectivity index (χ0) is 16.5. The predicted molar refractivity (Wildman–Crippen MR) is 89.5 cm³/mol. The molecule has 2 atom stereocenters. The molecule has 2 unspecified atom stereocenters. The van der Waals surface area contributed by atoms with Crippen molar-refractivity contribution in [3.05, 3.63) is 0 Å². The molecule has 23 heavy (non-hydrogen) atoms. The van der Waals surface area contributed by atoms with Crippen molar-refractivity contribution in [3.8, 4) is 0 Å². The third-order valence-electron chi connectivity index (χ3n) is 6.27. The number of nitrogens with one attached hydrogen (secondary N) is 1. The fourth-order valence-electron chi connectivity index (χ4n) is 5.10. The van der Waals surface area contributed by atoms with Crippen molar-refractivity contribution in [1.29, 1.82) is 0 Å². The van der Waals surface area contributed by atoms with Crippen molar-refractivity contribution in [2.45, 2.75) is 88.8 Å². The van der Waals surface area contributed by atoms with E-state index < -0.39 is 5.54 Å². The first kappa shape index (κ1) is 16.7. The van der Waals surface area contributed by atoms with E-state index in [9.17, 15) is 9.59 Å². The van der Waals surface area contributed by atoms with E-state index in [1.807, 2.05) is 0 Å². The highest BCUT2D eigenvalue weighted by atomic mass is 16.2. The number of carbonyl (C=O) groups excluding carboxylic acids is 2. The lowest BCUT2D eigenvalue weighted by Crippen LogP contribution is -2.61. The summed E-state index contributed by atoms with van der Waals surface area (Å²) < 4.78 is 0. The van der Waals surface area contributed by atoms with Gasteiger partial charge in [-0.25, -0.2) is 0 Å². The maximum Gasteiger partial charge on any atom is 0.245 e. The Bertz CT molecular complexity index is 473. The number of carbonyl (C=O) groups is 2. The minimum Gasteiger partial charge on any atom is -0.369 e. The second-order valence-electron chi connectivity index (χ2n) is 7.70. The Hall–Kier alpha value is -1.10. The summed E-state index contributed by atoms with van der Waals surface area (Å²) in [4.78, 5) is 27.6. The molecule has 0 aromatic heterocycles. The van der Waals surface area contributed by atoms with Crippen LogP contribution in [-0.2, 0) is 9.59 Å². The summed E-state index contributed by atoms with van der Waals surface area (Å²) in [6, 6.07) is 0. The number of unbranched alkanes of at least 4 members (excludes halogenated alkanes) is 1.